The number of rotatable bonds is 4. The molecule has 0 aromatic rings. The van der Waals surface area contributed by atoms with Gasteiger partial charge in [-0.1, -0.05) is 13.8 Å². The fraction of sp³-hybridized carbons (Fsp3) is 1.00. The van der Waals surface area contributed by atoms with Gasteiger partial charge in [0.1, 0.15) is 0 Å². The summed E-state index contributed by atoms with van der Waals surface area (Å²) >= 11 is 0. The smallest absolute Gasteiger partial charge is 0.0621 e. The first-order valence-corrected chi connectivity index (χ1v) is 6.14. The molecule has 2 rings (SSSR count). The molecule has 3 nitrogen and oxygen atoms in total. The highest BCUT2D eigenvalue weighted by atomic mass is 16.5. The average molecular weight is 213 g/mol. The van der Waals surface area contributed by atoms with Crippen molar-refractivity contribution in [3.63, 3.8) is 0 Å². The molecular formula is C12H23NO2. The summed E-state index contributed by atoms with van der Waals surface area (Å²) in [7, 11) is 0. The third-order valence-electron chi connectivity index (χ3n) is 4.10. The molecule has 0 aromatic heterocycles. The predicted octanol–water partition coefficient (Wildman–Crippen LogP) is 1.30. The largest absolute Gasteiger partial charge is 0.392 e. The SMILES string of the molecule is CC1(C)C(O)CC1NCCC1CCCO1. The summed E-state index contributed by atoms with van der Waals surface area (Å²) in [5, 5.41) is 13.1. The van der Waals surface area contributed by atoms with Crippen molar-refractivity contribution >= 4 is 0 Å². The summed E-state index contributed by atoms with van der Waals surface area (Å²) in [5.74, 6) is 0. The highest BCUT2D eigenvalue weighted by Crippen LogP contribution is 2.40. The van der Waals surface area contributed by atoms with Crippen molar-refractivity contribution in [3.8, 4) is 0 Å². The van der Waals surface area contributed by atoms with E-state index in [0.717, 1.165) is 26.0 Å². The minimum Gasteiger partial charge on any atom is -0.392 e. The third kappa shape index (κ3) is 2.35. The van der Waals surface area contributed by atoms with Gasteiger partial charge < -0.3 is 15.2 Å². The van der Waals surface area contributed by atoms with E-state index < -0.39 is 0 Å². The van der Waals surface area contributed by atoms with Crippen LogP contribution >= 0.6 is 0 Å². The molecule has 2 N–H and O–H groups in total. The monoisotopic (exact) mass is 213 g/mol. The Hall–Kier alpha value is -0.120. The number of nitrogens with one attached hydrogen (secondary N) is 1. The summed E-state index contributed by atoms with van der Waals surface area (Å²) < 4.78 is 5.57. The average Bonchev–Trinajstić information content (AvgIpc) is 2.69. The van der Waals surface area contributed by atoms with Crippen molar-refractivity contribution < 1.29 is 9.84 Å². The van der Waals surface area contributed by atoms with Gasteiger partial charge in [0.2, 0.25) is 0 Å². The maximum atomic E-state index is 9.59. The summed E-state index contributed by atoms with van der Waals surface area (Å²) in [6.07, 6.45) is 4.81. The van der Waals surface area contributed by atoms with Crippen LogP contribution in [-0.2, 0) is 4.74 Å². The minimum absolute atomic E-state index is 0.0521. The van der Waals surface area contributed by atoms with E-state index in [1.807, 2.05) is 0 Å². The molecule has 0 aromatic carbocycles. The number of hydrogen-bond acceptors (Lipinski definition) is 3. The lowest BCUT2D eigenvalue weighted by Crippen LogP contribution is -2.60. The molecule has 0 radical (unpaired) electrons. The van der Waals surface area contributed by atoms with E-state index in [9.17, 15) is 5.11 Å². The van der Waals surface area contributed by atoms with Gasteiger partial charge in [-0.05, 0) is 32.2 Å². The van der Waals surface area contributed by atoms with Gasteiger partial charge in [0.15, 0.2) is 0 Å². The van der Waals surface area contributed by atoms with Gasteiger partial charge in [-0.15, -0.1) is 0 Å². The number of aliphatic hydroxyl groups is 1. The zero-order chi connectivity index (χ0) is 10.9. The van der Waals surface area contributed by atoms with Crippen LogP contribution in [-0.4, -0.2) is 36.5 Å². The van der Waals surface area contributed by atoms with Crippen molar-refractivity contribution in [2.24, 2.45) is 5.41 Å². The second-order valence-corrected chi connectivity index (χ2v) is 5.50. The number of hydrogen-bond donors (Lipinski definition) is 2. The van der Waals surface area contributed by atoms with Gasteiger partial charge in [0, 0.05) is 18.1 Å². The molecule has 0 spiro atoms. The molecule has 1 saturated carbocycles. The number of aliphatic hydroxyl groups excluding tert-OH is 1. The molecule has 1 aliphatic carbocycles. The first-order valence-electron chi connectivity index (χ1n) is 6.14. The van der Waals surface area contributed by atoms with Gasteiger partial charge in [-0.2, -0.15) is 0 Å². The van der Waals surface area contributed by atoms with E-state index in [0.29, 0.717) is 12.1 Å². The second-order valence-electron chi connectivity index (χ2n) is 5.50. The Kier molecular flexibility index (Phi) is 3.33. The van der Waals surface area contributed by atoms with Crippen LogP contribution in [0.1, 0.15) is 39.5 Å². The quantitative estimate of drug-likeness (QED) is 0.739. The molecule has 1 aliphatic heterocycles. The standard InChI is InChI=1S/C12H23NO2/c1-12(2)10(8-11(12)14)13-6-5-9-4-3-7-15-9/h9-11,13-14H,3-8H2,1-2H3. The molecule has 3 atom stereocenters. The molecular weight excluding hydrogens is 190 g/mol. The summed E-state index contributed by atoms with van der Waals surface area (Å²) in [4.78, 5) is 0. The third-order valence-corrected chi connectivity index (χ3v) is 4.10. The molecule has 2 aliphatic rings. The van der Waals surface area contributed by atoms with Gasteiger partial charge in [0.05, 0.1) is 12.2 Å². The minimum atomic E-state index is -0.127. The molecule has 3 heteroatoms. The molecule has 1 heterocycles. The molecule has 15 heavy (non-hydrogen) atoms. The van der Waals surface area contributed by atoms with Crippen molar-refractivity contribution in [1.29, 1.82) is 0 Å². The Morgan fingerprint density at radius 2 is 2.27 bits per heavy atom. The number of ether oxygens (including phenoxy) is 1. The first kappa shape index (κ1) is 11.4. The lowest BCUT2D eigenvalue weighted by Gasteiger charge is -2.49. The highest BCUT2D eigenvalue weighted by molar-refractivity contribution is 5.01. The summed E-state index contributed by atoms with van der Waals surface area (Å²) in [6.45, 7) is 6.22. The fourth-order valence-corrected chi connectivity index (χ4v) is 2.54. The van der Waals surface area contributed by atoms with E-state index in [1.165, 1.54) is 12.8 Å². The Bertz CT molecular complexity index is 212. The van der Waals surface area contributed by atoms with Gasteiger partial charge in [0.25, 0.3) is 0 Å². The Morgan fingerprint density at radius 1 is 1.47 bits per heavy atom. The second kappa shape index (κ2) is 4.40. The molecule has 1 saturated heterocycles. The van der Waals surface area contributed by atoms with Crippen LogP contribution in [0.5, 0.6) is 0 Å². The van der Waals surface area contributed by atoms with Crippen LogP contribution < -0.4 is 5.32 Å². The van der Waals surface area contributed by atoms with E-state index in [2.05, 4.69) is 19.2 Å². The van der Waals surface area contributed by atoms with Crippen LogP contribution in [0.3, 0.4) is 0 Å². The summed E-state index contributed by atoms with van der Waals surface area (Å²) in [5.41, 5.74) is 0.0521. The molecule has 3 unspecified atom stereocenters. The van der Waals surface area contributed by atoms with Crippen LogP contribution in [0.25, 0.3) is 0 Å². The Morgan fingerprint density at radius 3 is 2.80 bits per heavy atom. The molecule has 0 bridgehead atoms. The van der Waals surface area contributed by atoms with E-state index in [-0.39, 0.29) is 11.5 Å². The maximum absolute atomic E-state index is 9.59. The van der Waals surface area contributed by atoms with Crippen LogP contribution in [0.4, 0.5) is 0 Å². The highest BCUT2D eigenvalue weighted by Gasteiger charge is 2.46. The van der Waals surface area contributed by atoms with Crippen molar-refractivity contribution in [1.82, 2.24) is 5.32 Å². The topological polar surface area (TPSA) is 41.5 Å². The van der Waals surface area contributed by atoms with Crippen LogP contribution in [0.2, 0.25) is 0 Å². The van der Waals surface area contributed by atoms with E-state index in [4.69, 9.17) is 4.74 Å². The Balaban J connectivity index is 1.62. The van der Waals surface area contributed by atoms with Gasteiger partial charge in [-0.3, -0.25) is 0 Å². The lowest BCUT2D eigenvalue weighted by atomic mass is 9.64. The zero-order valence-electron chi connectivity index (χ0n) is 9.83. The normalized spacial score (nSPS) is 39.0. The molecule has 88 valence electrons. The Labute approximate surface area is 92.2 Å². The maximum Gasteiger partial charge on any atom is 0.0621 e. The van der Waals surface area contributed by atoms with Gasteiger partial charge >= 0.3 is 0 Å². The summed E-state index contributed by atoms with van der Waals surface area (Å²) in [6, 6.07) is 0.480. The lowest BCUT2D eigenvalue weighted by molar-refractivity contribution is -0.0729. The predicted molar refractivity (Wildman–Crippen MR) is 59.8 cm³/mol. The van der Waals surface area contributed by atoms with Gasteiger partial charge in [-0.25, -0.2) is 0 Å². The first-order chi connectivity index (χ1) is 7.10. The van der Waals surface area contributed by atoms with E-state index >= 15 is 0 Å². The molecule has 0 amide bonds. The van der Waals surface area contributed by atoms with E-state index in [1.54, 1.807) is 0 Å². The fourth-order valence-electron chi connectivity index (χ4n) is 2.54. The van der Waals surface area contributed by atoms with Crippen molar-refractivity contribution in [2.45, 2.75) is 57.8 Å². The molecule has 2 fully saturated rings. The van der Waals surface area contributed by atoms with Crippen LogP contribution in [0.15, 0.2) is 0 Å². The van der Waals surface area contributed by atoms with Crippen LogP contribution in [0, 0.1) is 5.41 Å². The van der Waals surface area contributed by atoms with Crippen molar-refractivity contribution in [3.05, 3.63) is 0 Å². The zero-order valence-corrected chi connectivity index (χ0v) is 9.83. The van der Waals surface area contributed by atoms with Crippen molar-refractivity contribution in [2.75, 3.05) is 13.2 Å².